The molecule has 1 aliphatic rings. The number of aromatic nitrogens is 3. The van der Waals surface area contributed by atoms with Crippen LogP contribution in [0, 0.1) is 0 Å². The smallest absolute Gasteiger partial charge is 0.293 e. The predicted molar refractivity (Wildman–Crippen MR) is 103 cm³/mol. The first-order valence-electron chi connectivity index (χ1n) is 9.20. The molecule has 134 valence electrons. The lowest BCUT2D eigenvalue weighted by Gasteiger charge is -2.11. The number of para-hydroxylation sites is 1. The van der Waals surface area contributed by atoms with Crippen LogP contribution in [-0.4, -0.2) is 38.7 Å². The molecule has 0 atom stereocenters. The summed E-state index contributed by atoms with van der Waals surface area (Å²) in [6.07, 6.45) is 2.10. The predicted octanol–water partition coefficient (Wildman–Crippen LogP) is 4.20. The van der Waals surface area contributed by atoms with Crippen LogP contribution in [0.5, 0.6) is 0 Å². The molecule has 1 aliphatic heterocycles. The van der Waals surface area contributed by atoms with Gasteiger partial charge in [0.15, 0.2) is 5.82 Å². The molecule has 0 bridgehead atoms. The maximum absolute atomic E-state index is 12.7. The molecule has 26 heavy (non-hydrogen) atoms. The van der Waals surface area contributed by atoms with Gasteiger partial charge < -0.3 is 4.90 Å². The second-order valence-corrected chi connectivity index (χ2v) is 5.87. The van der Waals surface area contributed by atoms with Gasteiger partial charge in [-0.05, 0) is 25.0 Å². The van der Waals surface area contributed by atoms with Gasteiger partial charge in [-0.25, -0.2) is 9.67 Å². The van der Waals surface area contributed by atoms with Crippen molar-refractivity contribution in [2.45, 2.75) is 26.7 Å². The van der Waals surface area contributed by atoms with Crippen molar-refractivity contribution in [1.29, 1.82) is 0 Å². The highest BCUT2D eigenvalue weighted by Crippen LogP contribution is 2.22. The summed E-state index contributed by atoms with van der Waals surface area (Å²) in [7, 11) is 0. The number of likely N-dealkylation sites (tertiary alicyclic amines) is 1. The van der Waals surface area contributed by atoms with Gasteiger partial charge in [0, 0.05) is 18.7 Å². The van der Waals surface area contributed by atoms with Crippen LogP contribution >= 0.6 is 0 Å². The van der Waals surface area contributed by atoms with Crippen LogP contribution in [0.25, 0.3) is 17.1 Å². The zero-order chi connectivity index (χ0) is 18.4. The highest BCUT2D eigenvalue weighted by molar-refractivity contribution is 5.91. The number of amides is 1. The number of hydrogen-bond acceptors (Lipinski definition) is 3. The molecule has 1 saturated heterocycles. The topological polar surface area (TPSA) is 51.0 Å². The molecule has 0 unspecified atom stereocenters. The standard InChI is InChI=1S/C19H18N4O.C2H6/c24-19(22-13-7-8-14-22)17-20-18(15-9-3-1-4-10-15)23(21-17)16-11-5-2-6-12-16;1-2/h1-6,9-12H,7-8,13-14H2;1-2H3. The second kappa shape index (κ2) is 8.43. The SMILES string of the molecule is CC.O=C(c1nc(-c2ccccc2)n(-c2ccccc2)n1)N1CCCC1. The van der Waals surface area contributed by atoms with Crippen LogP contribution < -0.4 is 0 Å². The molecule has 5 nitrogen and oxygen atoms in total. The Morgan fingerprint density at radius 2 is 1.46 bits per heavy atom. The highest BCUT2D eigenvalue weighted by atomic mass is 16.2. The molecule has 5 heteroatoms. The first-order valence-corrected chi connectivity index (χ1v) is 9.20. The minimum Gasteiger partial charge on any atom is -0.336 e. The van der Waals surface area contributed by atoms with Gasteiger partial charge in [0.25, 0.3) is 5.91 Å². The average Bonchev–Trinajstić information content (AvgIpc) is 3.41. The molecular formula is C21H24N4O. The van der Waals surface area contributed by atoms with Gasteiger partial charge in [0.2, 0.25) is 5.82 Å². The van der Waals surface area contributed by atoms with E-state index in [1.54, 1.807) is 4.68 Å². The molecule has 2 heterocycles. The zero-order valence-corrected chi connectivity index (χ0v) is 15.3. The zero-order valence-electron chi connectivity index (χ0n) is 15.3. The van der Waals surface area contributed by atoms with Gasteiger partial charge in [-0.3, -0.25) is 4.79 Å². The van der Waals surface area contributed by atoms with Crippen LogP contribution in [0.3, 0.4) is 0 Å². The Labute approximate surface area is 154 Å². The van der Waals surface area contributed by atoms with E-state index in [1.807, 2.05) is 79.4 Å². The van der Waals surface area contributed by atoms with E-state index in [9.17, 15) is 4.79 Å². The van der Waals surface area contributed by atoms with Crippen LogP contribution in [0.1, 0.15) is 37.3 Å². The Bertz CT molecular complexity index is 780. The summed E-state index contributed by atoms with van der Waals surface area (Å²) >= 11 is 0. The molecule has 0 spiro atoms. The number of hydrogen-bond donors (Lipinski definition) is 0. The van der Waals surface area contributed by atoms with Crippen molar-refractivity contribution in [3.63, 3.8) is 0 Å². The average molecular weight is 348 g/mol. The molecule has 0 radical (unpaired) electrons. The number of nitrogens with zero attached hydrogens (tertiary/aromatic N) is 4. The van der Waals surface area contributed by atoms with E-state index in [1.165, 1.54) is 0 Å². The lowest BCUT2D eigenvalue weighted by molar-refractivity contribution is 0.0781. The van der Waals surface area contributed by atoms with Crippen molar-refractivity contribution >= 4 is 5.91 Å². The summed E-state index contributed by atoms with van der Waals surface area (Å²) in [6, 6.07) is 19.6. The number of carbonyl (C=O) groups is 1. The van der Waals surface area contributed by atoms with E-state index in [0.717, 1.165) is 37.2 Å². The third-order valence-corrected chi connectivity index (χ3v) is 4.22. The van der Waals surface area contributed by atoms with Crippen molar-refractivity contribution in [3.8, 4) is 17.1 Å². The molecule has 0 saturated carbocycles. The van der Waals surface area contributed by atoms with Gasteiger partial charge >= 0.3 is 0 Å². The maximum atomic E-state index is 12.7. The lowest BCUT2D eigenvalue weighted by Crippen LogP contribution is -2.28. The molecule has 1 fully saturated rings. The molecule has 0 aliphatic carbocycles. The summed E-state index contributed by atoms with van der Waals surface area (Å²) in [5, 5.41) is 4.52. The third-order valence-electron chi connectivity index (χ3n) is 4.22. The monoisotopic (exact) mass is 348 g/mol. The second-order valence-electron chi connectivity index (χ2n) is 5.87. The largest absolute Gasteiger partial charge is 0.336 e. The highest BCUT2D eigenvalue weighted by Gasteiger charge is 2.25. The van der Waals surface area contributed by atoms with E-state index < -0.39 is 0 Å². The van der Waals surface area contributed by atoms with E-state index in [-0.39, 0.29) is 11.7 Å². The Kier molecular flexibility index (Phi) is 5.79. The number of carbonyl (C=O) groups excluding carboxylic acids is 1. The van der Waals surface area contributed by atoms with Crippen LogP contribution in [0.4, 0.5) is 0 Å². The lowest BCUT2D eigenvalue weighted by atomic mass is 10.2. The summed E-state index contributed by atoms with van der Waals surface area (Å²) in [4.78, 5) is 19.1. The minimum absolute atomic E-state index is 0.0839. The van der Waals surface area contributed by atoms with Crippen LogP contribution in [-0.2, 0) is 0 Å². The first kappa shape index (κ1) is 17.9. The Morgan fingerprint density at radius 3 is 2.08 bits per heavy atom. The normalized spacial score (nSPS) is 13.2. The van der Waals surface area contributed by atoms with Crippen LogP contribution in [0.15, 0.2) is 60.7 Å². The quantitative estimate of drug-likeness (QED) is 0.713. The van der Waals surface area contributed by atoms with Gasteiger partial charge in [-0.1, -0.05) is 62.4 Å². The van der Waals surface area contributed by atoms with Crippen molar-refractivity contribution in [2.24, 2.45) is 0 Å². The summed E-state index contributed by atoms with van der Waals surface area (Å²) in [5.41, 5.74) is 1.83. The molecule has 1 amide bonds. The summed E-state index contributed by atoms with van der Waals surface area (Å²) in [5.74, 6) is 0.864. The fourth-order valence-electron chi connectivity index (χ4n) is 2.99. The van der Waals surface area contributed by atoms with Crippen molar-refractivity contribution in [1.82, 2.24) is 19.7 Å². The Balaban J connectivity index is 0.000000948. The van der Waals surface area contributed by atoms with Gasteiger partial charge in [0.05, 0.1) is 5.69 Å². The number of rotatable bonds is 3. The Hall–Kier alpha value is -2.95. The van der Waals surface area contributed by atoms with Crippen LogP contribution in [0.2, 0.25) is 0 Å². The molecular weight excluding hydrogens is 324 g/mol. The maximum Gasteiger partial charge on any atom is 0.293 e. The third kappa shape index (κ3) is 3.67. The van der Waals surface area contributed by atoms with Gasteiger partial charge in [-0.2, -0.15) is 0 Å². The van der Waals surface area contributed by atoms with Gasteiger partial charge in [-0.15, -0.1) is 5.10 Å². The van der Waals surface area contributed by atoms with E-state index in [0.29, 0.717) is 5.82 Å². The van der Waals surface area contributed by atoms with Crippen molar-refractivity contribution in [2.75, 3.05) is 13.1 Å². The van der Waals surface area contributed by atoms with Crippen molar-refractivity contribution in [3.05, 3.63) is 66.5 Å². The number of benzene rings is 2. The van der Waals surface area contributed by atoms with Gasteiger partial charge in [0.1, 0.15) is 0 Å². The molecule has 4 rings (SSSR count). The Morgan fingerprint density at radius 1 is 0.885 bits per heavy atom. The first-order chi connectivity index (χ1) is 12.8. The fraction of sp³-hybridized carbons (Fsp3) is 0.286. The molecule has 0 N–H and O–H groups in total. The summed E-state index contributed by atoms with van der Waals surface area (Å²) < 4.78 is 1.75. The minimum atomic E-state index is -0.0839. The van der Waals surface area contributed by atoms with E-state index in [2.05, 4.69) is 10.1 Å². The summed E-state index contributed by atoms with van der Waals surface area (Å²) in [6.45, 7) is 5.58. The molecule has 3 aromatic rings. The fourth-order valence-corrected chi connectivity index (χ4v) is 2.99. The molecule has 1 aromatic heterocycles. The molecule has 2 aromatic carbocycles. The van der Waals surface area contributed by atoms with E-state index >= 15 is 0 Å². The van der Waals surface area contributed by atoms with E-state index in [4.69, 9.17) is 0 Å². The van der Waals surface area contributed by atoms with Crippen molar-refractivity contribution < 1.29 is 4.79 Å².